The smallest absolute Gasteiger partial charge is 0.303 e. The second kappa shape index (κ2) is 4.11. The summed E-state index contributed by atoms with van der Waals surface area (Å²) in [6.45, 7) is 7.08. The lowest BCUT2D eigenvalue weighted by Crippen LogP contribution is -2.53. The number of hydrogen-bond acceptors (Lipinski definition) is 6. The van der Waals surface area contributed by atoms with Gasteiger partial charge in [0.25, 0.3) is 0 Å². The molecule has 0 radical (unpaired) electrons. The molecule has 0 aromatic carbocycles. The Kier molecular flexibility index (Phi) is 2.68. The highest BCUT2D eigenvalue weighted by Crippen LogP contribution is 2.65. The van der Waals surface area contributed by atoms with Gasteiger partial charge in [-0.25, -0.2) is 0 Å². The lowest BCUT2D eigenvalue weighted by molar-refractivity contribution is -0.153. The maximum absolute atomic E-state index is 12.6. The summed E-state index contributed by atoms with van der Waals surface area (Å²) in [6, 6.07) is 0. The Morgan fingerprint density at radius 2 is 2.13 bits per heavy atom. The van der Waals surface area contributed by atoms with E-state index in [-0.39, 0.29) is 36.0 Å². The largest absolute Gasteiger partial charge is 0.459 e. The summed E-state index contributed by atoms with van der Waals surface area (Å²) in [5.41, 5.74) is -1.61. The van der Waals surface area contributed by atoms with E-state index >= 15 is 0 Å². The lowest BCUT2D eigenvalue weighted by Gasteiger charge is -2.47. The van der Waals surface area contributed by atoms with Crippen LogP contribution in [-0.4, -0.2) is 47.6 Å². The van der Waals surface area contributed by atoms with Crippen LogP contribution in [0.1, 0.15) is 34.1 Å². The summed E-state index contributed by atoms with van der Waals surface area (Å²) in [5.74, 6) is -0.535. The van der Waals surface area contributed by atoms with Crippen molar-refractivity contribution >= 4 is 18.0 Å². The van der Waals surface area contributed by atoms with E-state index < -0.39 is 16.6 Å². The molecule has 2 aliphatic heterocycles. The summed E-state index contributed by atoms with van der Waals surface area (Å²) in [5, 5.41) is 0. The summed E-state index contributed by atoms with van der Waals surface area (Å²) < 4.78 is 16.8. The van der Waals surface area contributed by atoms with Crippen molar-refractivity contribution in [1.82, 2.24) is 0 Å². The van der Waals surface area contributed by atoms with E-state index in [4.69, 9.17) is 14.2 Å². The molecule has 7 unspecified atom stereocenters. The topological polar surface area (TPSA) is 85.5 Å². The van der Waals surface area contributed by atoms with Gasteiger partial charge in [0.05, 0.1) is 0 Å². The number of rotatable bonds is 2. The van der Waals surface area contributed by atoms with Crippen LogP contribution in [0.3, 0.4) is 0 Å². The molecule has 7 atom stereocenters. The Labute approximate surface area is 134 Å². The first-order chi connectivity index (χ1) is 10.7. The third-order valence-corrected chi connectivity index (χ3v) is 6.29. The van der Waals surface area contributed by atoms with Crippen LogP contribution in [0.15, 0.2) is 11.6 Å². The molecule has 3 fully saturated rings. The second-order valence-electron chi connectivity index (χ2n) is 7.60. The molecule has 0 aromatic heterocycles. The fraction of sp³-hybridized carbons (Fsp3) is 0.706. The molecule has 0 N–H and O–H groups in total. The van der Waals surface area contributed by atoms with Crippen LogP contribution in [0, 0.1) is 11.3 Å². The molecule has 4 aliphatic rings. The van der Waals surface area contributed by atoms with Gasteiger partial charge in [-0.15, -0.1) is 0 Å². The van der Waals surface area contributed by atoms with Crippen molar-refractivity contribution in [1.29, 1.82) is 0 Å². The lowest BCUT2D eigenvalue weighted by atomic mass is 9.56. The molecular formula is C17H20O6. The van der Waals surface area contributed by atoms with Crippen molar-refractivity contribution in [2.24, 2.45) is 11.3 Å². The number of fused-ring (bicyclic) bond motifs is 3. The predicted molar refractivity (Wildman–Crippen MR) is 77.5 cm³/mol. The standard InChI is InChI=1S/C17H20O6/c1-8-12(21-9(2)19)14-13(22-14)10-5-11(20)17(6-15(8,10)3)16(4,7-18)23-17/h5,7-8,12-14H,6H2,1-4H3. The average Bonchev–Trinajstić information content (AvgIpc) is 3.36. The SMILES string of the molecule is CC(=O)OC1C2OC2C2=CC(=O)C3(CC2(C)C1C)OC3(C)C=O. The van der Waals surface area contributed by atoms with E-state index in [0.717, 1.165) is 5.57 Å². The minimum Gasteiger partial charge on any atom is -0.459 e. The molecule has 0 bridgehead atoms. The number of carbonyl (C=O) groups excluding carboxylic acids is 3. The number of epoxide rings is 2. The summed E-state index contributed by atoms with van der Waals surface area (Å²) in [7, 11) is 0. The van der Waals surface area contributed by atoms with E-state index in [1.165, 1.54) is 6.92 Å². The van der Waals surface area contributed by atoms with Crippen LogP contribution in [0.5, 0.6) is 0 Å². The molecule has 0 aromatic rings. The number of esters is 1. The van der Waals surface area contributed by atoms with Crippen LogP contribution in [-0.2, 0) is 28.6 Å². The van der Waals surface area contributed by atoms with Gasteiger partial charge in [-0.1, -0.05) is 13.8 Å². The third-order valence-electron chi connectivity index (χ3n) is 6.29. The van der Waals surface area contributed by atoms with Crippen LogP contribution < -0.4 is 0 Å². The molecular weight excluding hydrogens is 300 g/mol. The van der Waals surface area contributed by atoms with E-state index in [2.05, 4.69) is 0 Å². The predicted octanol–water partition coefficient (Wildman–Crippen LogP) is 0.967. The first-order valence-corrected chi connectivity index (χ1v) is 7.94. The normalized spacial score (nSPS) is 53.0. The Morgan fingerprint density at radius 3 is 2.70 bits per heavy atom. The van der Waals surface area contributed by atoms with Crippen LogP contribution in [0.4, 0.5) is 0 Å². The fourth-order valence-corrected chi connectivity index (χ4v) is 4.55. The van der Waals surface area contributed by atoms with Crippen molar-refractivity contribution in [2.45, 2.75) is 63.6 Å². The molecule has 2 heterocycles. The molecule has 6 heteroatoms. The molecule has 4 rings (SSSR count). The highest BCUT2D eigenvalue weighted by molar-refractivity contribution is 6.06. The van der Waals surface area contributed by atoms with E-state index in [9.17, 15) is 14.4 Å². The van der Waals surface area contributed by atoms with Crippen molar-refractivity contribution in [2.75, 3.05) is 0 Å². The Hall–Kier alpha value is -1.53. The number of ether oxygens (including phenoxy) is 3. The first kappa shape index (κ1) is 15.0. The van der Waals surface area contributed by atoms with Gasteiger partial charge in [0.15, 0.2) is 23.3 Å². The molecule has 2 aliphatic carbocycles. The van der Waals surface area contributed by atoms with Gasteiger partial charge in [0.1, 0.15) is 18.3 Å². The van der Waals surface area contributed by atoms with Crippen LogP contribution in [0.25, 0.3) is 0 Å². The molecule has 6 nitrogen and oxygen atoms in total. The molecule has 2 saturated heterocycles. The molecule has 23 heavy (non-hydrogen) atoms. The molecule has 0 amide bonds. The highest BCUT2D eigenvalue weighted by Gasteiger charge is 2.77. The second-order valence-corrected chi connectivity index (χ2v) is 7.60. The summed E-state index contributed by atoms with van der Waals surface area (Å²) in [6.07, 6.45) is 2.02. The van der Waals surface area contributed by atoms with Gasteiger partial charge >= 0.3 is 5.97 Å². The monoisotopic (exact) mass is 320 g/mol. The average molecular weight is 320 g/mol. The van der Waals surface area contributed by atoms with Crippen LogP contribution in [0.2, 0.25) is 0 Å². The zero-order chi connectivity index (χ0) is 16.8. The van der Waals surface area contributed by atoms with Crippen molar-refractivity contribution in [3.63, 3.8) is 0 Å². The Balaban J connectivity index is 1.74. The van der Waals surface area contributed by atoms with Gasteiger partial charge in [-0.05, 0) is 25.0 Å². The third kappa shape index (κ3) is 1.68. The van der Waals surface area contributed by atoms with Gasteiger partial charge in [0, 0.05) is 18.3 Å². The van der Waals surface area contributed by atoms with Crippen molar-refractivity contribution in [3.05, 3.63) is 11.6 Å². The quantitative estimate of drug-likeness (QED) is 0.428. The van der Waals surface area contributed by atoms with Gasteiger partial charge in [0.2, 0.25) is 0 Å². The van der Waals surface area contributed by atoms with Crippen LogP contribution >= 0.6 is 0 Å². The first-order valence-electron chi connectivity index (χ1n) is 7.94. The van der Waals surface area contributed by atoms with E-state index in [0.29, 0.717) is 12.7 Å². The fourth-order valence-electron chi connectivity index (χ4n) is 4.55. The van der Waals surface area contributed by atoms with Gasteiger partial charge < -0.3 is 19.0 Å². The number of carbonyl (C=O) groups is 3. The minimum absolute atomic E-state index is 0.0357. The zero-order valence-electron chi connectivity index (χ0n) is 13.6. The molecule has 1 saturated carbocycles. The Morgan fingerprint density at radius 1 is 1.43 bits per heavy atom. The maximum atomic E-state index is 12.6. The zero-order valence-corrected chi connectivity index (χ0v) is 13.6. The van der Waals surface area contributed by atoms with Gasteiger partial charge in [-0.2, -0.15) is 0 Å². The molecule has 1 spiro atoms. The molecule has 124 valence electrons. The number of ketones is 1. The summed E-state index contributed by atoms with van der Waals surface area (Å²) in [4.78, 5) is 35.3. The van der Waals surface area contributed by atoms with E-state index in [1.807, 2.05) is 13.8 Å². The minimum atomic E-state index is -1.08. The Bertz CT molecular complexity index is 668. The number of hydrogen-bond donors (Lipinski definition) is 0. The van der Waals surface area contributed by atoms with E-state index in [1.54, 1.807) is 13.0 Å². The van der Waals surface area contributed by atoms with Crippen molar-refractivity contribution < 1.29 is 28.6 Å². The highest BCUT2D eigenvalue weighted by atomic mass is 16.6. The maximum Gasteiger partial charge on any atom is 0.303 e. The summed E-state index contributed by atoms with van der Waals surface area (Å²) >= 11 is 0. The number of aldehydes is 1. The van der Waals surface area contributed by atoms with Crippen molar-refractivity contribution in [3.8, 4) is 0 Å². The van der Waals surface area contributed by atoms with Gasteiger partial charge in [-0.3, -0.25) is 9.59 Å².